The second-order valence-electron chi connectivity index (χ2n) is 4.31. The van der Waals surface area contributed by atoms with Crippen molar-refractivity contribution in [2.24, 2.45) is 17.6 Å². The molecule has 0 amide bonds. The molecule has 0 aromatic heterocycles. The van der Waals surface area contributed by atoms with E-state index in [0.717, 1.165) is 32.7 Å². The van der Waals surface area contributed by atoms with E-state index in [2.05, 4.69) is 6.92 Å². The molecule has 2 N–H and O–H groups in total. The number of nitrogens with two attached hydrogens (primary N) is 1. The summed E-state index contributed by atoms with van der Waals surface area (Å²) < 4.78 is 10.5. The average Bonchev–Trinajstić information content (AvgIpc) is 2.26. The van der Waals surface area contributed by atoms with Crippen LogP contribution < -0.4 is 5.73 Å². The van der Waals surface area contributed by atoms with Crippen molar-refractivity contribution in [1.29, 1.82) is 0 Å². The van der Waals surface area contributed by atoms with Gasteiger partial charge in [0.25, 0.3) is 0 Å². The molecule has 0 bridgehead atoms. The molecule has 0 aromatic carbocycles. The number of hydrogen-bond donors (Lipinski definition) is 1. The third kappa shape index (κ3) is 3.56. The van der Waals surface area contributed by atoms with E-state index in [1.807, 2.05) is 0 Å². The first-order valence-electron chi connectivity index (χ1n) is 5.58. The highest BCUT2D eigenvalue weighted by Crippen LogP contribution is 2.22. The first kappa shape index (κ1) is 12.0. The fourth-order valence-electron chi connectivity index (χ4n) is 2.03. The van der Waals surface area contributed by atoms with Crippen molar-refractivity contribution in [3.63, 3.8) is 0 Å². The van der Waals surface area contributed by atoms with Crippen LogP contribution in [0.3, 0.4) is 0 Å². The minimum absolute atomic E-state index is 0.269. The van der Waals surface area contributed by atoms with Crippen molar-refractivity contribution < 1.29 is 9.47 Å². The van der Waals surface area contributed by atoms with Crippen LogP contribution in [0.4, 0.5) is 0 Å². The quantitative estimate of drug-likeness (QED) is 0.731. The summed E-state index contributed by atoms with van der Waals surface area (Å²) in [6.07, 6.45) is 3.43. The van der Waals surface area contributed by atoms with E-state index in [1.165, 1.54) is 6.42 Å². The highest BCUT2D eigenvalue weighted by molar-refractivity contribution is 4.79. The molecule has 3 nitrogen and oxygen atoms in total. The normalized spacial score (nSPS) is 27.2. The lowest BCUT2D eigenvalue weighted by Gasteiger charge is -2.31. The number of hydrogen-bond acceptors (Lipinski definition) is 3. The Morgan fingerprint density at radius 2 is 2.36 bits per heavy atom. The van der Waals surface area contributed by atoms with Gasteiger partial charge in [-0.05, 0) is 31.1 Å². The molecule has 1 aliphatic heterocycles. The standard InChI is InChI=1S/C11H23NO2/c1-9(5-7-13-2)11(12)10-4-3-6-14-8-10/h9-11H,3-8,12H2,1-2H3. The van der Waals surface area contributed by atoms with Gasteiger partial charge >= 0.3 is 0 Å². The van der Waals surface area contributed by atoms with Crippen LogP contribution >= 0.6 is 0 Å². The van der Waals surface area contributed by atoms with Gasteiger partial charge in [0.1, 0.15) is 0 Å². The maximum absolute atomic E-state index is 6.20. The fourth-order valence-corrected chi connectivity index (χ4v) is 2.03. The Hall–Kier alpha value is -0.120. The van der Waals surface area contributed by atoms with Gasteiger partial charge in [-0.3, -0.25) is 0 Å². The summed E-state index contributed by atoms with van der Waals surface area (Å²) in [6.45, 7) is 4.77. The smallest absolute Gasteiger partial charge is 0.0509 e. The van der Waals surface area contributed by atoms with Crippen LogP contribution in [0, 0.1) is 11.8 Å². The Morgan fingerprint density at radius 1 is 1.57 bits per heavy atom. The van der Waals surface area contributed by atoms with Crippen molar-refractivity contribution >= 4 is 0 Å². The van der Waals surface area contributed by atoms with E-state index < -0.39 is 0 Å². The molecule has 1 rings (SSSR count). The Morgan fingerprint density at radius 3 is 2.93 bits per heavy atom. The molecule has 0 saturated carbocycles. The minimum atomic E-state index is 0.269. The molecular formula is C11H23NO2. The van der Waals surface area contributed by atoms with E-state index in [4.69, 9.17) is 15.2 Å². The number of rotatable bonds is 5. The maximum Gasteiger partial charge on any atom is 0.0509 e. The summed E-state index contributed by atoms with van der Waals surface area (Å²) in [4.78, 5) is 0. The van der Waals surface area contributed by atoms with Crippen molar-refractivity contribution in [3.8, 4) is 0 Å². The van der Waals surface area contributed by atoms with Crippen LogP contribution in [0.15, 0.2) is 0 Å². The van der Waals surface area contributed by atoms with E-state index >= 15 is 0 Å². The molecule has 1 fully saturated rings. The zero-order valence-corrected chi connectivity index (χ0v) is 9.37. The molecule has 0 radical (unpaired) electrons. The molecule has 0 aromatic rings. The highest BCUT2D eigenvalue weighted by Gasteiger charge is 2.25. The molecule has 0 spiro atoms. The molecular weight excluding hydrogens is 178 g/mol. The van der Waals surface area contributed by atoms with Gasteiger partial charge in [0.2, 0.25) is 0 Å². The van der Waals surface area contributed by atoms with Crippen molar-refractivity contribution in [3.05, 3.63) is 0 Å². The molecule has 3 atom stereocenters. The molecule has 14 heavy (non-hydrogen) atoms. The monoisotopic (exact) mass is 201 g/mol. The average molecular weight is 201 g/mol. The highest BCUT2D eigenvalue weighted by atomic mass is 16.5. The third-order valence-corrected chi connectivity index (χ3v) is 3.17. The fraction of sp³-hybridized carbons (Fsp3) is 1.00. The van der Waals surface area contributed by atoms with Gasteiger partial charge in [-0.2, -0.15) is 0 Å². The number of methoxy groups -OCH3 is 1. The number of ether oxygens (including phenoxy) is 2. The lowest BCUT2D eigenvalue weighted by Crippen LogP contribution is -2.40. The zero-order chi connectivity index (χ0) is 10.4. The molecule has 1 aliphatic rings. The van der Waals surface area contributed by atoms with Gasteiger partial charge in [-0.25, -0.2) is 0 Å². The molecule has 3 heteroatoms. The van der Waals surface area contributed by atoms with Crippen molar-refractivity contribution in [1.82, 2.24) is 0 Å². The predicted octanol–water partition coefficient (Wildman–Crippen LogP) is 1.41. The molecule has 3 unspecified atom stereocenters. The largest absolute Gasteiger partial charge is 0.385 e. The lowest BCUT2D eigenvalue weighted by atomic mass is 9.85. The van der Waals surface area contributed by atoms with Gasteiger partial charge in [-0.1, -0.05) is 6.92 Å². The predicted molar refractivity (Wildman–Crippen MR) is 57.2 cm³/mol. The Kier molecular flexibility index (Phi) is 5.45. The molecule has 1 heterocycles. The first-order valence-corrected chi connectivity index (χ1v) is 5.58. The lowest BCUT2D eigenvalue weighted by molar-refractivity contribution is 0.0345. The second kappa shape index (κ2) is 6.38. The summed E-state index contributed by atoms with van der Waals surface area (Å²) in [5.74, 6) is 1.08. The second-order valence-corrected chi connectivity index (χ2v) is 4.31. The van der Waals surface area contributed by atoms with E-state index in [0.29, 0.717) is 11.8 Å². The van der Waals surface area contributed by atoms with Crippen LogP contribution in [0.25, 0.3) is 0 Å². The van der Waals surface area contributed by atoms with E-state index in [-0.39, 0.29) is 6.04 Å². The molecule has 84 valence electrons. The van der Waals surface area contributed by atoms with Crippen LogP contribution in [0.5, 0.6) is 0 Å². The summed E-state index contributed by atoms with van der Waals surface area (Å²) in [6, 6.07) is 0.269. The van der Waals surface area contributed by atoms with Crippen LogP contribution in [0.2, 0.25) is 0 Å². The summed E-state index contributed by atoms with van der Waals surface area (Å²) >= 11 is 0. The van der Waals surface area contributed by atoms with Crippen LogP contribution in [0.1, 0.15) is 26.2 Å². The van der Waals surface area contributed by atoms with Crippen LogP contribution in [-0.4, -0.2) is 33.0 Å². The van der Waals surface area contributed by atoms with Gasteiger partial charge in [0, 0.05) is 26.4 Å². The minimum Gasteiger partial charge on any atom is -0.385 e. The van der Waals surface area contributed by atoms with Crippen LogP contribution in [-0.2, 0) is 9.47 Å². The van der Waals surface area contributed by atoms with Gasteiger partial charge < -0.3 is 15.2 Å². The molecule has 0 aliphatic carbocycles. The van der Waals surface area contributed by atoms with E-state index in [1.54, 1.807) is 7.11 Å². The maximum atomic E-state index is 6.20. The Labute approximate surface area is 86.9 Å². The summed E-state index contributed by atoms with van der Waals surface area (Å²) in [5.41, 5.74) is 6.20. The Balaban J connectivity index is 2.26. The SMILES string of the molecule is COCCC(C)C(N)C1CCCOC1. The van der Waals surface area contributed by atoms with Crippen molar-refractivity contribution in [2.75, 3.05) is 26.9 Å². The zero-order valence-electron chi connectivity index (χ0n) is 9.37. The van der Waals surface area contributed by atoms with Crippen molar-refractivity contribution in [2.45, 2.75) is 32.2 Å². The summed E-state index contributed by atoms with van der Waals surface area (Å²) in [5, 5.41) is 0. The third-order valence-electron chi connectivity index (χ3n) is 3.17. The molecule has 1 saturated heterocycles. The van der Waals surface area contributed by atoms with Gasteiger partial charge in [-0.15, -0.1) is 0 Å². The first-order chi connectivity index (χ1) is 6.75. The summed E-state index contributed by atoms with van der Waals surface area (Å²) in [7, 11) is 1.74. The topological polar surface area (TPSA) is 44.5 Å². The van der Waals surface area contributed by atoms with Gasteiger partial charge in [0.15, 0.2) is 0 Å². The Bertz CT molecular complexity index is 146. The van der Waals surface area contributed by atoms with E-state index in [9.17, 15) is 0 Å². The van der Waals surface area contributed by atoms with Gasteiger partial charge in [0.05, 0.1) is 6.61 Å².